The molecule has 0 aromatic rings. The van der Waals surface area contributed by atoms with Crippen LogP contribution in [0.15, 0.2) is 36.5 Å². The molecule has 1 saturated heterocycles. The quantitative estimate of drug-likeness (QED) is 0.0261. The zero-order valence-electron chi connectivity index (χ0n) is 42.3. The van der Waals surface area contributed by atoms with Crippen LogP contribution in [0.1, 0.15) is 258 Å². The summed E-state index contributed by atoms with van der Waals surface area (Å²) in [6.45, 7) is 3.75. The van der Waals surface area contributed by atoms with Crippen molar-refractivity contribution in [2.24, 2.45) is 0 Å². The molecule has 0 aromatic carbocycles. The van der Waals surface area contributed by atoms with Crippen molar-refractivity contribution in [3.8, 4) is 0 Å². The standard InChI is InChI=1S/C56H105NO8/c1-3-5-7-9-11-13-14-15-16-17-18-19-20-21-22-23-24-25-26-27-28-29-30-31-32-33-34-35-36-38-40-42-44-46-52(60)57-49(50(59)45-43-41-39-37-12-10-8-6-4-2)48-64-56-55(63)54(62)53(61)51(47-58)65-56/h18-19,21-22,43,45,49-51,53-56,58-59,61-63H,3-17,20,23-42,44,46-48H2,1-2H3,(H,57,60)/b19-18-,22-21-,45-43+. The summed E-state index contributed by atoms with van der Waals surface area (Å²) in [5.41, 5.74) is 0. The first-order valence-electron chi connectivity index (χ1n) is 27.7. The van der Waals surface area contributed by atoms with Crippen LogP contribution in [0.4, 0.5) is 0 Å². The van der Waals surface area contributed by atoms with Crippen molar-refractivity contribution in [2.75, 3.05) is 13.2 Å². The second kappa shape index (κ2) is 46.2. The van der Waals surface area contributed by atoms with Gasteiger partial charge in [0.05, 0.1) is 25.4 Å². The highest BCUT2D eigenvalue weighted by atomic mass is 16.7. The Kier molecular flexibility index (Phi) is 43.6. The molecule has 9 nitrogen and oxygen atoms in total. The molecule has 1 heterocycles. The number of rotatable bonds is 47. The summed E-state index contributed by atoms with van der Waals surface area (Å²) >= 11 is 0. The van der Waals surface area contributed by atoms with Crippen LogP contribution < -0.4 is 5.32 Å². The minimum absolute atomic E-state index is 0.177. The van der Waals surface area contributed by atoms with Gasteiger partial charge in [0, 0.05) is 6.42 Å². The van der Waals surface area contributed by atoms with Crippen LogP contribution in [-0.2, 0) is 14.3 Å². The zero-order valence-corrected chi connectivity index (χ0v) is 42.3. The van der Waals surface area contributed by atoms with E-state index in [0.717, 1.165) is 44.9 Å². The molecule has 0 aromatic heterocycles. The van der Waals surface area contributed by atoms with Crippen molar-refractivity contribution in [1.82, 2.24) is 5.32 Å². The first-order chi connectivity index (χ1) is 31.8. The highest BCUT2D eigenvalue weighted by Gasteiger charge is 2.44. The fraction of sp³-hybridized carbons (Fsp3) is 0.875. The van der Waals surface area contributed by atoms with E-state index in [-0.39, 0.29) is 12.5 Å². The number of allylic oxidation sites excluding steroid dienone is 5. The molecule has 9 heteroatoms. The number of unbranched alkanes of at least 4 members (excludes halogenated alkanes) is 33. The van der Waals surface area contributed by atoms with E-state index in [4.69, 9.17) is 9.47 Å². The third-order valence-corrected chi connectivity index (χ3v) is 13.2. The van der Waals surface area contributed by atoms with Gasteiger partial charge in [-0.05, 0) is 51.4 Å². The van der Waals surface area contributed by atoms with E-state index >= 15 is 0 Å². The van der Waals surface area contributed by atoms with E-state index < -0.39 is 49.5 Å². The SMILES string of the molecule is CCCCCCCCC/C=C/C(O)C(COC1OC(CO)C(O)C(O)C1O)NC(=O)CCCCCCCCCCCCCCCCCCC/C=C\C/C=C\CCCCCCCCCCC. The van der Waals surface area contributed by atoms with Crippen LogP contribution in [0.2, 0.25) is 0 Å². The number of hydrogen-bond acceptors (Lipinski definition) is 8. The molecular weight excluding hydrogens is 815 g/mol. The molecule has 0 bridgehead atoms. The molecule has 65 heavy (non-hydrogen) atoms. The lowest BCUT2D eigenvalue weighted by molar-refractivity contribution is -0.302. The Morgan fingerprint density at radius 2 is 0.908 bits per heavy atom. The summed E-state index contributed by atoms with van der Waals surface area (Å²) in [6, 6.07) is -0.801. The molecule has 1 rings (SSSR count). The number of carbonyl (C=O) groups excluding carboxylic acids is 1. The molecule has 7 unspecified atom stereocenters. The van der Waals surface area contributed by atoms with Crippen LogP contribution in [-0.4, -0.2) is 87.5 Å². The average molecular weight is 920 g/mol. The number of carbonyl (C=O) groups is 1. The normalized spacial score (nSPS) is 20.1. The molecule has 1 aliphatic heterocycles. The lowest BCUT2D eigenvalue weighted by atomic mass is 9.99. The highest BCUT2D eigenvalue weighted by molar-refractivity contribution is 5.76. The van der Waals surface area contributed by atoms with Crippen molar-refractivity contribution in [1.29, 1.82) is 0 Å². The lowest BCUT2D eigenvalue weighted by Crippen LogP contribution is -2.60. The van der Waals surface area contributed by atoms with Gasteiger partial charge in [-0.3, -0.25) is 4.79 Å². The maximum Gasteiger partial charge on any atom is 0.220 e. The molecule has 7 atom stereocenters. The Morgan fingerprint density at radius 1 is 0.523 bits per heavy atom. The van der Waals surface area contributed by atoms with Crippen molar-refractivity contribution in [3.05, 3.63) is 36.5 Å². The lowest BCUT2D eigenvalue weighted by Gasteiger charge is -2.40. The number of ether oxygens (including phenoxy) is 2. The predicted octanol–water partition coefficient (Wildman–Crippen LogP) is 13.2. The molecule has 6 N–H and O–H groups in total. The topological polar surface area (TPSA) is 149 Å². The van der Waals surface area contributed by atoms with E-state index in [1.165, 1.54) is 193 Å². The van der Waals surface area contributed by atoms with E-state index in [9.17, 15) is 30.3 Å². The molecule has 1 fully saturated rings. The summed E-state index contributed by atoms with van der Waals surface area (Å²) in [7, 11) is 0. The second-order valence-corrected chi connectivity index (χ2v) is 19.4. The molecule has 0 radical (unpaired) electrons. The number of aliphatic hydroxyl groups excluding tert-OH is 5. The van der Waals surface area contributed by atoms with E-state index in [1.54, 1.807) is 6.08 Å². The van der Waals surface area contributed by atoms with Crippen LogP contribution in [0.5, 0.6) is 0 Å². The number of aliphatic hydroxyl groups is 5. The first-order valence-corrected chi connectivity index (χ1v) is 27.7. The number of amides is 1. The van der Waals surface area contributed by atoms with Gasteiger partial charge >= 0.3 is 0 Å². The van der Waals surface area contributed by atoms with Gasteiger partial charge in [-0.15, -0.1) is 0 Å². The van der Waals surface area contributed by atoms with Gasteiger partial charge in [-0.2, -0.15) is 0 Å². The molecule has 0 aliphatic carbocycles. The Labute approximate surface area is 400 Å². The average Bonchev–Trinajstić information content (AvgIpc) is 3.31. The Hall–Kier alpha value is -1.59. The largest absolute Gasteiger partial charge is 0.394 e. The summed E-state index contributed by atoms with van der Waals surface area (Å²) < 4.78 is 11.2. The number of hydrogen-bond donors (Lipinski definition) is 6. The van der Waals surface area contributed by atoms with Gasteiger partial charge in [0.2, 0.25) is 5.91 Å². The van der Waals surface area contributed by atoms with E-state index in [2.05, 4.69) is 43.5 Å². The fourth-order valence-corrected chi connectivity index (χ4v) is 8.78. The number of nitrogens with one attached hydrogen (secondary N) is 1. The minimum atomic E-state index is -1.56. The predicted molar refractivity (Wildman–Crippen MR) is 272 cm³/mol. The summed E-state index contributed by atoms with van der Waals surface area (Å²) in [6.07, 6.45) is 52.4. The van der Waals surface area contributed by atoms with Crippen LogP contribution in [0, 0.1) is 0 Å². The Bertz CT molecular complexity index is 1110. The van der Waals surface area contributed by atoms with Gasteiger partial charge in [-0.1, -0.05) is 237 Å². The second-order valence-electron chi connectivity index (χ2n) is 19.4. The van der Waals surface area contributed by atoms with Gasteiger partial charge in [-0.25, -0.2) is 0 Å². The zero-order chi connectivity index (χ0) is 47.3. The molecular formula is C56H105NO8. The molecule has 0 spiro atoms. The molecule has 382 valence electrons. The fourth-order valence-electron chi connectivity index (χ4n) is 8.78. The minimum Gasteiger partial charge on any atom is -0.394 e. The van der Waals surface area contributed by atoms with Crippen molar-refractivity contribution in [2.45, 2.75) is 301 Å². The molecule has 1 amide bonds. The monoisotopic (exact) mass is 920 g/mol. The van der Waals surface area contributed by atoms with E-state index in [1.807, 2.05) is 6.08 Å². The van der Waals surface area contributed by atoms with Crippen LogP contribution in [0.25, 0.3) is 0 Å². The summed E-state index contributed by atoms with van der Waals surface area (Å²) in [4.78, 5) is 13.0. The maximum atomic E-state index is 13.0. The first kappa shape index (κ1) is 61.4. The van der Waals surface area contributed by atoms with Gasteiger partial charge in [0.15, 0.2) is 6.29 Å². The van der Waals surface area contributed by atoms with Gasteiger partial charge in [0.1, 0.15) is 24.4 Å². The van der Waals surface area contributed by atoms with E-state index in [0.29, 0.717) is 6.42 Å². The third kappa shape index (κ3) is 36.1. The summed E-state index contributed by atoms with van der Waals surface area (Å²) in [5.74, 6) is -0.177. The molecule has 0 saturated carbocycles. The van der Waals surface area contributed by atoms with Crippen molar-refractivity contribution < 1.29 is 39.8 Å². The van der Waals surface area contributed by atoms with Crippen molar-refractivity contribution >= 4 is 5.91 Å². The summed E-state index contributed by atoms with van der Waals surface area (Å²) in [5, 5.41) is 54.2. The van der Waals surface area contributed by atoms with Gasteiger partial charge < -0.3 is 40.3 Å². The highest BCUT2D eigenvalue weighted by Crippen LogP contribution is 2.23. The Morgan fingerprint density at radius 3 is 1.32 bits per heavy atom. The van der Waals surface area contributed by atoms with Crippen LogP contribution in [0.3, 0.4) is 0 Å². The third-order valence-electron chi connectivity index (χ3n) is 13.2. The smallest absolute Gasteiger partial charge is 0.220 e. The molecule has 1 aliphatic rings. The van der Waals surface area contributed by atoms with Gasteiger partial charge in [0.25, 0.3) is 0 Å². The van der Waals surface area contributed by atoms with Crippen molar-refractivity contribution in [3.63, 3.8) is 0 Å². The maximum absolute atomic E-state index is 13.0. The van der Waals surface area contributed by atoms with Crippen LogP contribution >= 0.6 is 0 Å². The Balaban J connectivity index is 2.07.